The molecule has 1 atom stereocenters. The Labute approximate surface area is 87.5 Å². The zero-order chi connectivity index (χ0) is 11.1. The van der Waals surface area contributed by atoms with Crippen LogP contribution in [0.25, 0.3) is 0 Å². The highest BCUT2D eigenvalue weighted by molar-refractivity contribution is 7.91. The topological polar surface area (TPSA) is 71.4 Å². The summed E-state index contributed by atoms with van der Waals surface area (Å²) in [6, 6.07) is 6.61. The van der Waals surface area contributed by atoms with Crippen LogP contribution in [0.1, 0.15) is 17.9 Å². The summed E-state index contributed by atoms with van der Waals surface area (Å²) in [5.41, 5.74) is 0.639. The number of carbonyl (C=O) groups is 1. The van der Waals surface area contributed by atoms with Crippen LogP contribution in [-0.4, -0.2) is 25.2 Å². The van der Waals surface area contributed by atoms with Gasteiger partial charge in [-0.05, 0) is 11.6 Å². The Bertz CT molecular complexity index is 504. The zero-order valence-electron chi connectivity index (χ0n) is 7.88. The highest BCUT2D eigenvalue weighted by Crippen LogP contribution is 2.36. The fourth-order valence-electron chi connectivity index (χ4n) is 1.93. The molecule has 0 aromatic heterocycles. The summed E-state index contributed by atoms with van der Waals surface area (Å²) < 4.78 is 23.3. The van der Waals surface area contributed by atoms with Crippen molar-refractivity contribution in [2.75, 3.05) is 5.75 Å². The monoisotopic (exact) mass is 226 g/mol. The number of carboxylic acids is 1. The van der Waals surface area contributed by atoms with Gasteiger partial charge in [-0.3, -0.25) is 4.79 Å². The van der Waals surface area contributed by atoms with Gasteiger partial charge in [0.25, 0.3) is 0 Å². The van der Waals surface area contributed by atoms with Crippen LogP contribution in [0.2, 0.25) is 0 Å². The second-order valence-corrected chi connectivity index (χ2v) is 5.62. The maximum atomic E-state index is 11.7. The summed E-state index contributed by atoms with van der Waals surface area (Å²) in [5, 5.41) is 8.67. The Morgan fingerprint density at radius 3 is 2.73 bits per heavy atom. The molecule has 1 N–H and O–H groups in total. The molecule has 0 amide bonds. The molecule has 80 valence electrons. The van der Waals surface area contributed by atoms with Crippen molar-refractivity contribution in [2.24, 2.45) is 0 Å². The van der Waals surface area contributed by atoms with Gasteiger partial charge in [-0.1, -0.05) is 18.2 Å². The standard InChI is InChI=1S/C10H10O4S/c11-10(12)5-7-6-15(13,14)9-4-2-1-3-8(7)9/h1-4,7H,5-6H2,(H,11,12)/t7-/m1/s1. The molecule has 1 heterocycles. The van der Waals surface area contributed by atoms with Crippen molar-refractivity contribution < 1.29 is 18.3 Å². The van der Waals surface area contributed by atoms with Gasteiger partial charge in [0.1, 0.15) is 0 Å². The number of fused-ring (bicyclic) bond motifs is 1. The molecular weight excluding hydrogens is 216 g/mol. The zero-order valence-corrected chi connectivity index (χ0v) is 8.70. The van der Waals surface area contributed by atoms with E-state index in [9.17, 15) is 13.2 Å². The molecule has 0 aliphatic carbocycles. The molecule has 1 aliphatic heterocycles. The van der Waals surface area contributed by atoms with Crippen LogP contribution in [-0.2, 0) is 14.6 Å². The van der Waals surface area contributed by atoms with E-state index >= 15 is 0 Å². The number of carboxylic acid groups (broad SMARTS) is 1. The van der Waals surface area contributed by atoms with E-state index in [4.69, 9.17) is 5.11 Å². The van der Waals surface area contributed by atoms with E-state index in [1.54, 1.807) is 18.2 Å². The van der Waals surface area contributed by atoms with Gasteiger partial charge in [0.05, 0.1) is 17.1 Å². The van der Waals surface area contributed by atoms with Gasteiger partial charge in [0.2, 0.25) is 0 Å². The van der Waals surface area contributed by atoms with Crippen molar-refractivity contribution in [3.8, 4) is 0 Å². The normalized spacial score (nSPS) is 22.3. The summed E-state index contributed by atoms with van der Waals surface area (Å²) in [6.45, 7) is 0. The van der Waals surface area contributed by atoms with E-state index in [-0.39, 0.29) is 17.1 Å². The van der Waals surface area contributed by atoms with Crippen LogP contribution in [0.4, 0.5) is 0 Å². The lowest BCUT2D eigenvalue weighted by Crippen LogP contribution is -2.08. The highest BCUT2D eigenvalue weighted by atomic mass is 32.2. The summed E-state index contributed by atoms with van der Waals surface area (Å²) in [4.78, 5) is 10.9. The van der Waals surface area contributed by atoms with E-state index in [0.717, 1.165) is 0 Å². The first-order valence-electron chi connectivity index (χ1n) is 4.54. The van der Waals surface area contributed by atoms with Crippen molar-refractivity contribution >= 4 is 15.8 Å². The lowest BCUT2D eigenvalue weighted by Gasteiger charge is -2.04. The molecule has 2 rings (SSSR count). The van der Waals surface area contributed by atoms with E-state index in [0.29, 0.717) is 5.56 Å². The van der Waals surface area contributed by atoms with Crippen LogP contribution < -0.4 is 0 Å². The minimum absolute atomic E-state index is 0.0847. The molecular formula is C10H10O4S. The van der Waals surface area contributed by atoms with Crippen LogP contribution >= 0.6 is 0 Å². The summed E-state index contributed by atoms with van der Waals surface area (Å²) >= 11 is 0. The largest absolute Gasteiger partial charge is 0.481 e. The van der Waals surface area contributed by atoms with Gasteiger partial charge in [-0.25, -0.2) is 8.42 Å². The van der Waals surface area contributed by atoms with Crippen molar-refractivity contribution in [2.45, 2.75) is 17.2 Å². The quantitative estimate of drug-likeness (QED) is 0.817. The summed E-state index contributed by atoms with van der Waals surface area (Å²) in [6.07, 6.45) is -0.129. The maximum absolute atomic E-state index is 11.7. The van der Waals surface area contributed by atoms with Crippen LogP contribution in [0, 0.1) is 0 Å². The fraction of sp³-hybridized carbons (Fsp3) is 0.300. The van der Waals surface area contributed by atoms with Gasteiger partial charge in [-0.15, -0.1) is 0 Å². The molecule has 0 unspecified atom stereocenters. The van der Waals surface area contributed by atoms with E-state index < -0.39 is 21.7 Å². The average Bonchev–Trinajstić information content (AvgIpc) is 2.39. The smallest absolute Gasteiger partial charge is 0.303 e. The molecule has 0 saturated heterocycles. The molecule has 0 spiro atoms. The Balaban J connectivity index is 2.47. The number of benzene rings is 1. The highest BCUT2D eigenvalue weighted by Gasteiger charge is 2.35. The molecule has 1 aromatic carbocycles. The van der Waals surface area contributed by atoms with Gasteiger partial charge in [-0.2, -0.15) is 0 Å². The molecule has 1 aliphatic rings. The second kappa shape index (κ2) is 3.34. The first kappa shape index (κ1) is 10.2. The summed E-state index contributed by atoms with van der Waals surface area (Å²) in [5.74, 6) is -1.45. The van der Waals surface area contributed by atoms with Crippen LogP contribution in [0.3, 0.4) is 0 Å². The molecule has 1 aromatic rings. The number of aliphatic carboxylic acids is 1. The molecule has 0 bridgehead atoms. The predicted molar refractivity (Wildman–Crippen MR) is 53.5 cm³/mol. The van der Waals surface area contributed by atoms with Crippen molar-refractivity contribution in [3.63, 3.8) is 0 Å². The first-order chi connectivity index (χ1) is 7.00. The predicted octanol–water partition coefficient (Wildman–Crippen LogP) is 1.03. The summed E-state index contributed by atoms with van der Waals surface area (Å²) in [7, 11) is -3.26. The Kier molecular flexibility index (Phi) is 2.26. The third-order valence-electron chi connectivity index (χ3n) is 2.54. The molecule has 5 heteroatoms. The number of hydrogen-bond donors (Lipinski definition) is 1. The number of sulfone groups is 1. The molecule has 0 saturated carbocycles. The third-order valence-corrected chi connectivity index (χ3v) is 4.42. The number of hydrogen-bond acceptors (Lipinski definition) is 3. The molecule has 4 nitrogen and oxygen atoms in total. The van der Waals surface area contributed by atoms with Crippen molar-refractivity contribution in [3.05, 3.63) is 29.8 Å². The Morgan fingerprint density at radius 2 is 2.07 bits per heavy atom. The SMILES string of the molecule is O=C(O)C[C@@H]1CS(=O)(=O)c2ccccc21. The lowest BCUT2D eigenvalue weighted by molar-refractivity contribution is -0.137. The second-order valence-electron chi connectivity index (χ2n) is 3.61. The third kappa shape index (κ3) is 1.74. The van der Waals surface area contributed by atoms with E-state index in [1.165, 1.54) is 6.07 Å². The van der Waals surface area contributed by atoms with Crippen molar-refractivity contribution in [1.29, 1.82) is 0 Å². The Hall–Kier alpha value is -1.36. The van der Waals surface area contributed by atoms with Crippen molar-refractivity contribution in [1.82, 2.24) is 0 Å². The van der Waals surface area contributed by atoms with Crippen LogP contribution in [0.5, 0.6) is 0 Å². The molecule has 0 fully saturated rings. The van der Waals surface area contributed by atoms with Gasteiger partial charge < -0.3 is 5.11 Å². The average molecular weight is 226 g/mol. The molecule has 15 heavy (non-hydrogen) atoms. The van der Waals surface area contributed by atoms with E-state index in [1.807, 2.05) is 0 Å². The first-order valence-corrected chi connectivity index (χ1v) is 6.19. The van der Waals surface area contributed by atoms with Gasteiger partial charge in [0.15, 0.2) is 9.84 Å². The maximum Gasteiger partial charge on any atom is 0.303 e. The lowest BCUT2D eigenvalue weighted by atomic mass is 9.98. The molecule has 0 radical (unpaired) electrons. The van der Waals surface area contributed by atoms with Crippen LogP contribution in [0.15, 0.2) is 29.2 Å². The van der Waals surface area contributed by atoms with Gasteiger partial charge >= 0.3 is 5.97 Å². The number of rotatable bonds is 2. The van der Waals surface area contributed by atoms with E-state index in [2.05, 4.69) is 0 Å². The minimum Gasteiger partial charge on any atom is -0.481 e. The fourth-order valence-corrected chi connectivity index (χ4v) is 3.81. The minimum atomic E-state index is -3.26. The Morgan fingerprint density at radius 1 is 1.40 bits per heavy atom. The van der Waals surface area contributed by atoms with Gasteiger partial charge in [0, 0.05) is 5.92 Å².